The molecule has 0 saturated carbocycles. The number of thiazole rings is 1. The number of anilines is 1. The number of benzene rings is 1. The summed E-state index contributed by atoms with van der Waals surface area (Å²) in [4.78, 5) is 30.1. The first-order valence-corrected chi connectivity index (χ1v) is 10.9. The fraction of sp³-hybridized carbons (Fsp3) is 0.421. The van der Waals surface area contributed by atoms with E-state index in [1.807, 2.05) is 0 Å². The first-order valence-electron chi connectivity index (χ1n) is 9.26. The molecule has 2 atom stereocenters. The van der Waals surface area contributed by atoms with Crippen LogP contribution in [0.5, 0.6) is 0 Å². The van der Waals surface area contributed by atoms with E-state index in [-0.39, 0.29) is 22.8 Å². The van der Waals surface area contributed by atoms with Gasteiger partial charge in [0.2, 0.25) is 0 Å². The number of hydrogen-bond acceptors (Lipinski definition) is 6. The highest BCUT2D eigenvalue weighted by atomic mass is 79.9. The molecule has 1 saturated heterocycles. The predicted octanol–water partition coefficient (Wildman–Crippen LogP) is 2.78. The Hall–Kier alpha value is -1.88. The molecule has 0 bridgehead atoms. The van der Waals surface area contributed by atoms with Crippen molar-refractivity contribution in [2.75, 3.05) is 11.9 Å². The van der Waals surface area contributed by atoms with Crippen LogP contribution in [0.3, 0.4) is 0 Å². The van der Waals surface area contributed by atoms with Gasteiger partial charge in [-0.25, -0.2) is 9.37 Å². The molecule has 0 aliphatic carbocycles. The number of aliphatic hydroxyl groups is 1. The van der Waals surface area contributed by atoms with E-state index in [0.717, 1.165) is 36.8 Å². The number of nitrogens with zero attached hydrogens (tertiary/aromatic N) is 1. The van der Waals surface area contributed by atoms with Gasteiger partial charge in [-0.15, -0.1) is 11.3 Å². The van der Waals surface area contributed by atoms with E-state index in [1.54, 1.807) is 6.92 Å². The highest BCUT2D eigenvalue weighted by molar-refractivity contribution is 9.10. The van der Waals surface area contributed by atoms with Crippen molar-refractivity contribution in [2.45, 2.75) is 44.9 Å². The van der Waals surface area contributed by atoms with E-state index in [1.165, 1.54) is 23.5 Å². The smallest absolute Gasteiger partial charge is 0.313 e. The van der Waals surface area contributed by atoms with Crippen LogP contribution >= 0.6 is 27.3 Å². The van der Waals surface area contributed by atoms with Crippen LogP contribution in [0.1, 0.15) is 40.9 Å². The molecular weight excluding hydrogens is 463 g/mol. The topological polar surface area (TPSA) is 103 Å². The van der Waals surface area contributed by atoms with Gasteiger partial charge in [0.25, 0.3) is 0 Å². The third kappa shape index (κ3) is 5.39. The second kappa shape index (κ2) is 9.75. The lowest BCUT2D eigenvalue weighted by Crippen LogP contribution is -2.48. The number of aromatic nitrogens is 1. The third-order valence-corrected chi connectivity index (χ3v) is 6.61. The number of rotatable bonds is 5. The summed E-state index contributed by atoms with van der Waals surface area (Å²) in [6, 6.07) is 3.51. The zero-order valence-corrected chi connectivity index (χ0v) is 18.2. The van der Waals surface area contributed by atoms with Crippen molar-refractivity contribution >= 4 is 44.8 Å². The molecule has 10 heteroatoms. The lowest BCUT2D eigenvalue weighted by Gasteiger charge is -2.30. The van der Waals surface area contributed by atoms with Gasteiger partial charge in [0, 0.05) is 11.7 Å². The van der Waals surface area contributed by atoms with Gasteiger partial charge in [0.15, 0.2) is 0 Å². The van der Waals surface area contributed by atoms with Crippen LogP contribution in [0.4, 0.5) is 10.1 Å². The minimum Gasteiger partial charge on any atom is -0.391 e. The quantitative estimate of drug-likeness (QED) is 0.488. The molecule has 1 aliphatic heterocycles. The summed E-state index contributed by atoms with van der Waals surface area (Å²) < 4.78 is 13.9. The molecule has 1 fully saturated rings. The molecule has 29 heavy (non-hydrogen) atoms. The summed E-state index contributed by atoms with van der Waals surface area (Å²) in [6.45, 7) is 2.49. The highest BCUT2D eigenvalue weighted by Gasteiger charge is 2.31. The van der Waals surface area contributed by atoms with Crippen molar-refractivity contribution in [2.24, 2.45) is 0 Å². The van der Waals surface area contributed by atoms with E-state index in [2.05, 4.69) is 36.9 Å². The van der Waals surface area contributed by atoms with Gasteiger partial charge < -0.3 is 21.1 Å². The maximum absolute atomic E-state index is 13.6. The van der Waals surface area contributed by atoms with Crippen molar-refractivity contribution < 1.29 is 19.1 Å². The summed E-state index contributed by atoms with van der Waals surface area (Å²) in [6.07, 6.45) is 2.88. The normalized spacial score (nSPS) is 17.6. The Morgan fingerprint density at radius 1 is 1.41 bits per heavy atom. The van der Waals surface area contributed by atoms with Gasteiger partial charge in [-0.3, -0.25) is 9.59 Å². The van der Waals surface area contributed by atoms with Gasteiger partial charge in [-0.2, -0.15) is 0 Å². The lowest BCUT2D eigenvalue weighted by atomic mass is 9.98. The average molecular weight is 485 g/mol. The maximum atomic E-state index is 13.6. The summed E-state index contributed by atoms with van der Waals surface area (Å²) in [5, 5.41) is 18.7. The molecule has 0 spiro atoms. The molecule has 4 N–H and O–H groups in total. The van der Waals surface area contributed by atoms with E-state index in [4.69, 9.17) is 0 Å². The number of aliphatic hydroxyl groups excluding tert-OH is 1. The summed E-state index contributed by atoms with van der Waals surface area (Å²) in [7, 11) is 0. The SMILES string of the molecule is Cc1nc(C(NC(=O)C(=O)Nc2ccc(Br)c(F)c2)C2CCCCN2)sc1CO. The van der Waals surface area contributed by atoms with Crippen molar-refractivity contribution in [3.05, 3.63) is 44.1 Å². The van der Waals surface area contributed by atoms with Crippen LogP contribution in [0.25, 0.3) is 0 Å². The summed E-state index contributed by atoms with van der Waals surface area (Å²) in [5.41, 5.74) is 0.892. The summed E-state index contributed by atoms with van der Waals surface area (Å²) in [5.74, 6) is -2.26. The number of nitrogens with one attached hydrogen (secondary N) is 3. The van der Waals surface area contributed by atoms with Gasteiger partial charge in [-0.05, 0) is 60.4 Å². The van der Waals surface area contributed by atoms with E-state index >= 15 is 0 Å². The van der Waals surface area contributed by atoms with Crippen LogP contribution in [0, 0.1) is 12.7 Å². The second-order valence-electron chi connectivity index (χ2n) is 6.81. The Balaban J connectivity index is 1.75. The number of carbonyl (C=O) groups excluding carboxylic acids is 2. The van der Waals surface area contributed by atoms with Crippen LogP contribution in [0.2, 0.25) is 0 Å². The number of hydrogen-bond donors (Lipinski definition) is 4. The Kier molecular flexibility index (Phi) is 7.33. The van der Waals surface area contributed by atoms with Gasteiger partial charge in [0.05, 0.1) is 27.7 Å². The number of piperidine rings is 1. The number of aryl methyl sites for hydroxylation is 1. The minimum absolute atomic E-state index is 0.0669. The van der Waals surface area contributed by atoms with Crippen LogP contribution in [-0.2, 0) is 16.2 Å². The number of halogens is 2. The second-order valence-corrected chi connectivity index (χ2v) is 8.78. The van der Waals surface area contributed by atoms with Gasteiger partial charge >= 0.3 is 11.8 Å². The Bertz CT molecular complexity index is 902. The molecule has 156 valence electrons. The predicted molar refractivity (Wildman–Crippen MR) is 112 cm³/mol. The number of amides is 2. The molecule has 2 heterocycles. The largest absolute Gasteiger partial charge is 0.391 e. The van der Waals surface area contributed by atoms with Gasteiger partial charge in [-0.1, -0.05) is 6.42 Å². The summed E-state index contributed by atoms with van der Waals surface area (Å²) >= 11 is 4.36. The minimum atomic E-state index is -0.886. The van der Waals surface area contributed by atoms with E-state index in [9.17, 15) is 19.1 Å². The molecule has 1 aromatic heterocycles. The molecule has 2 aromatic rings. The molecule has 3 rings (SSSR count). The van der Waals surface area contributed by atoms with Crippen LogP contribution in [-0.4, -0.2) is 34.5 Å². The van der Waals surface area contributed by atoms with E-state index < -0.39 is 23.7 Å². The Labute approximate surface area is 180 Å². The average Bonchev–Trinajstić information content (AvgIpc) is 3.09. The molecule has 0 radical (unpaired) electrons. The molecule has 2 unspecified atom stereocenters. The Morgan fingerprint density at radius 3 is 2.83 bits per heavy atom. The standard InChI is InChI=1S/C19H22BrFN4O3S/c1-10-15(9-26)29-19(23-10)16(14-4-2-3-7-22-14)25-18(28)17(27)24-11-5-6-12(20)13(21)8-11/h5-6,8,14,16,22,26H,2-4,7,9H2,1H3,(H,24,27)(H,25,28). The molecule has 1 aliphatic rings. The highest BCUT2D eigenvalue weighted by Crippen LogP contribution is 2.29. The lowest BCUT2D eigenvalue weighted by molar-refractivity contribution is -0.136. The fourth-order valence-electron chi connectivity index (χ4n) is 3.20. The third-order valence-electron chi connectivity index (χ3n) is 4.74. The maximum Gasteiger partial charge on any atom is 0.313 e. The van der Waals surface area contributed by atoms with Gasteiger partial charge in [0.1, 0.15) is 10.8 Å². The van der Waals surface area contributed by atoms with Crippen LogP contribution in [0.15, 0.2) is 22.7 Å². The van der Waals surface area contributed by atoms with E-state index in [0.29, 0.717) is 10.7 Å². The van der Waals surface area contributed by atoms with Crippen molar-refractivity contribution in [1.82, 2.24) is 15.6 Å². The van der Waals surface area contributed by atoms with Crippen LogP contribution < -0.4 is 16.0 Å². The molecule has 2 amide bonds. The zero-order chi connectivity index (χ0) is 21.0. The molecule has 7 nitrogen and oxygen atoms in total. The van der Waals surface area contributed by atoms with Crippen molar-refractivity contribution in [1.29, 1.82) is 0 Å². The molecular formula is C19H22BrFN4O3S. The first kappa shape index (κ1) is 21.8. The fourth-order valence-corrected chi connectivity index (χ4v) is 4.49. The number of carbonyl (C=O) groups is 2. The van der Waals surface area contributed by atoms with Crippen molar-refractivity contribution in [3.63, 3.8) is 0 Å². The Morgan fingerprint density at radius 2 is 2.21 bits per heavy atom. The zero-order valence-electron chi connectivity index (χ0n) is 15.8. The monoisotopic (exact) mass is 484 g/mol. The molecule has 1 aromatic carbocycles. The first-order chi connectivity index (χ1) is 13.9. The van der Waals surface area contributed by atoms with Crippen molar-refractivity contribution in [3.8, 4) is 0 Å².